The molecule has 0 atom stereocenters. The van der Waals surface area contributed by atoms with Crippen LogP contribution >= 0.6 is 0 Å². The summed E-state index contributed by atoms with van der Waals surface area (Å²) >= 11 is 0. The molecule has 21 heavy (non-hydrogen) atoms. The average Bonchev–Trinajstić information content (AvgIpc) is 2.51. The topological polar surface area (TPSA) is 38.8 Å². The number of amides is 1. The minimum Gasteiger partial charge on any atom is -0.379 e. The van der Waals surface area contributed by atoms with Crippen LogP contribution in [0.5, 0.6) is 0 Å². The molecule has 4 nitrogen and oxygen atoms in total. The van der Waals surface area contributed by atoms with E-state index in [0.29, 0.717) is 38.5 Å². The number of hydrogen-bond donors (Lipinski definition) is 0. The number of benzene rings is 1. The number of hydrogen-bond acceptors (Lipinski definition) is 3. The molecule has 2 rings (SSSR count). The largest absolute Gasteiger partial charge is 0.379 e. The minimum atomic E-state index is -0.380. The molecule has 0 radical (unpaired) electrons. The Balaban J connectivity index is 1.77. The van der Waals surface area contributed by atoms with Crippen molar-refractivity contribution in [1.82, 2.24) is 4.90 Å². The molecule has 0 unspecified atom stereocenters. The van der Waals surface area contributed by atoms with Gasteiger partial charge in [0, 0.05) is 25.3 Å². The van der Waals surface area contributed by atoms with Gasteiger partial charge in [0.2, 0.25) is 0 Å². The molecule has 1 aromatic carbocycles. The first kappa shape index (κ1) is 15.9. The van der Waals surface area contributed by atoms with Crippen molar-refractivity contribution < 1.29 is 18.7 Å². The van der Waals surface area contributed by atoms with Crippen LogP contribution in [0.4, 0.5) is 4.39 Å². The molecular weight excluding hydrogens is 273 g/mol. The third kappa shape index (κ3) is 4.79. The third-order valence-corrected chi connectivity index (χ3v) is 3.59. The van der Waals surface area contributed by atoms with Gasteiger partial charge in [-0.1, -0.05) is 6.07 Å². The predicted molar refractivity (Wildman–Crippen MR) is 77.8 cm³/mol. The summed E-state index contributed by atoms with van der Waals surface area (Å²) < 4.78 is 24.1. The number of rotatable bonds is 6. The van der Waals surface area contributed by atoms with Crippen LogP contribution in [0.2, 0.25) is 0 Å². The van der Waals surface area contributed by atoms with Crippen LogP contribution in [0.15, 0.2) is 24.3 Å². The summed E-state index contributed by atoms with van der Waals surface area (Å²) in [6, 6.07) is 5.84. The number of halogens is 1. The summed E-state index contributed by atoms with van der Waals surface area (Å²) in [5.74, 6) is -0.489. The molecule has 1 amide bonds. The zero-order chi connectivity index (χ0) is 15.1. The first-order valence-corrected chi connectivity index (χ1v) is 7.45. The Morgan fingerprint density at radius 3 is 2.76 bits per heavy atom. The van der Waals surface area contributed by atoms with E-state index < -0.39 is 0 Å². The molecule has 0 aliphatic carbocycles. The second-order valence-electron chi connectivity index (χ2n) is 5.07. The molecule has 1 fully saturated rings. The maximum absolute atomic E-state index is 13.2. The smallest absolute Gasteiger partial charge is 0.253 e. The van der Waals surface area contributed by atoms with Gasteiger partial charge in [-0.05, 0) is 38.0 Å². The lowest BCUT2D eigenvalue weighted by atomic mass is 10.1. The Morgan fingerprint density at radius 1 is 1.33 bits per heavy atom. The minimum absolute atomic E-state index is 0.109. The highest BCUT2D eigenvalue weighted by Gasteiger charge is 2.24. The van der Waals surface area contributed by atoms with Gasteiger partial charge in [0.1, 0.15) is 5.82 Å². The van der Waals surface area contributed by atoms with Crippen molar-refractivity contribution in [3.63, 3.8) is 0 Å². The standard InChI is InChI=1S/C16H22FNO3/c1-2-20-10-11-21-15-6-8-18(9-7-15)16(19)13-4-3-5-14(17)12-13/h3-5,12,15H,2,6-11H2,1H3. The van der Waals surface area contributed by atoms with Crippen molar-refractivity contribution in [1.29, 1.82) is 0 Å². The van der Waals surface area contributed by atoms with Crippen molar-refractivity contribution >= 4 is 5.91 Å². The van der Waals surface area contributed by atoms with E-state index in [9.17, 15) is 9.18 Å². The van der Waals surface area contributed by atoms with Crippen molar-refractivity contribution in [2.75, 3.05) is 32.9 Å². The van der Waals surface area contributed by atoms with Gasteiger partial charge in [-0.2, -0.15) is 0 Å². The molecule has 0 aromatic heterocycles. The van der Waals surface area contributed by atoms with E-state index in [1.54, 1.807) is 17.0 Å². The fourth-order valence-corrected chi connectivity index (χ4v) is 2.45. The number of carbonyl (C=O) groups is 1. The highest BCUT2D eigenvalue weighted by molar-refractivity contribution is 5.94. The van der Waals surface area contributed by atoms with Gasteiger partial charge in [0.05, 0.1) is 19.3 Å². The molecule has 0 spiro atoms. The zero-order valence-electron chi connectivity index (χ0n) is 12.4. The molecule has 0 saturated carbocycles. The predicted octanol–water partition coefficient (Wildman–Crippen LogP) is 2.48. The van der Waals surface area contributed by atoms with E-state index in [1.165, 1.54) is 12.1 Å². The van der Waals surface area contributed by atoms with E-state index >= 15 is 0 Å². The van der Waals surface area contributed by atoms with Crippen molar-refractivity contribution in [3.8, 4) is 0 Å². The highest BCUT2D eigenvalue weighted by atomic mass is 19.1. The van der Waals surface area contributed by atoms with Crippen LogP contribution in [0.25, 0.3) is 0 Å². The summed E-state index contributed by atoms with van der Waals surface area (Å²) in [4.78, 5) is 14.0. The maximum Gasteiger partial charge on any atom is 0.253 e. The number of ether oxygens (including phenoxy) is 2. The fraction of sp³-hybridized carbons (Fsp3) is 0.562. The molecule has 0 bridgehead atoms. The average molecular weight is 295 g/mol. The molecule has 1 aromatic rings. The molecule has 1 saturated heterocycles. The number of piperidine rings is 1. The fourth-order valence-electron chi connectivity index (χ4n) is 2.45. The second kappa shape index (κ2) is 8.10. The second-order valence-corrected chi connectivity index (χ2v) is 5.07. The van der Waals surface area contributed by atoms with Gasteiger partial charge in [-0.15, -0.1) is 0 Å². The molecule has 1 aliphatic heterocycles. The normalized spacial score (nSPS) is 16.2. The maximum atomic E-state index is 13.2. The summed E-state index contributed by atoms with van der Waals surface area (Å²) in [6.45, 7) is 5.15. The highest BCUT2D eigenvalue weighted by Crippen LogP contribution is 2.16. The molecule has 116 valence electrons. The van der Waals surface area contributed by atoms with Gasteiger partial charge in [0.15, 0.2) is 0 Å². The monoisotopic (exact) mass is 295 g/mol. The van der Waals surface area contributed by atoms with Gasteiger partial charge in [-0.25, -0.2) is 4.39 Å². The molecule has 5 heteroatoms. The van der Waals surface area contributed by atoms with Crippen molar-refractivity contribution in [2.45, 2.75) is 25.9 Å². The molecular formula is C16H22FNO3. The summed E-state index contributed by atoms with van der Waals surface area (Å²) in [7, 11) is 0. The molecule has 1 aliphatic rings. The van der Waals surface area contributed by atoms with E-state index in [4.69, 9.17) is 9.47 Å². The van der Waals surface area contributed by atoms with Crippen LogP contribution < -0.4 is 0 Å². The lowest BCUT2D eigenvalue weighted by Gasteiger charge is -2.32. The Morgan fingerprint density at radius 2 is 2.10 bits per heavy atom. The van der Waals surface area contributed by atoms with Gasteiger partial charge in [-0.3, -0.25) is 4.79 Å². The van der Waals surface area contributed by atoms with E-state index in [2.05, 4.69) is 0 Å². The van der Waals surface area contributed by atoms with Crippen LogP contribution in [0.1, 0.15) is 30.1 Å². The van der Waals surface area contributed by atoms with E-state index in [-0.39, 0.29) is 17.8 Å². The summed E-state index contributed by atoms with van der Waals surface area (Å²) in [6.07, 6.45) is 1.81. The lowest BCUT2D eigenvalue weighted by Crippen LogP contribution is -2.41. The van der Waals surface area contributed by atoms with Crippen LogP contribution in [0, 0.1) is 5.82 Å². The lowest BCUT2D eigenvalue weighted by molar-refractivity contribution is -0.0182. The first-order valence-electron chi connectivity index (χ1n) is 7.45. The van der Waals surface area contributed by atoms with E-state index in [1.807, 2.05) is 6.92 Å². The van der Waals surface area contributed by atoms with Gasteiger partial charge in [0.25, 0.3) is 5.91 Å². The number of nitrogens with zero attached hydrogens (tertiary/aromatic N) is 1. The number of likely N-dealkylation sites (tertiary alicyclic amines) is 1. The summed E-state index contributed by atoms with van der Waals surface area (Å²) in [5, 5.41) is 0. The van der Waals surface area contributed by atoms with Crippen molar-refractivity contribution in [3.05, 3.63) is 35.6 Å². The Kier molecular flexibility index (Phi) is 6.14. The number of carbonyl (C=O) groups excluding carboxylic acids is 1. The van der Waals surface area contributed by atoms with Gasteiger partial charge < -0.3 is 14.4 Å². The third-order valence-electron chi connectivity index (χ3n) is 3.59. The Labute approximate surface area is 124 Å². The SMILES string of the molecule is CCOCCOC1CCN(C(=O)c2cccc(F)c2)CC1. The summed E-state index contributed by atoms with van der Waals surface area (Å²) in [5.41, 5.74) is 0.408. The van der Waals surface area contributed by atoms with Crippen molar-refractivity contribution in [2.24, 2.45) is 0 Å². The van der Waals surface area contributed by atoms with Crippen LogP contribution in [-0.2, 0) is 9.47 Å². The molecule has 1 heterocycles. The quantitative estimate of drug-likeness (QED) is 0.757. The zero-order valence-corrected chi connectivity index (χ0v) is 12.4. The van der Waals surface area contributed by atoms with E-state index in [0.717, 1.165) is 12.8 Å². The van der Waals surface area contributed by atoms with Gasteiger partial charge >= 0.3 is 0 Å². The first-order chi connectivity index (χ1) is 10.2. The molecule has 0 N–H and O–H groups in total. The van der Waals surface area contributed by atoms with Crippen LogP contribution in [-0.4, -0.2) is 49.8 Å². The Bertz CT molecular complexity index is 459. The van der Waals surface area contributed by atoms with Crippen LogP contribution in [0.3, 0.4) is 0 Å². The Hall–Kier alpha value is -1.46.